The number of benzene rings is 1. The second-order valence-electron chi connectivity index (χ2n) is 9.06. The largest absolute Gasteiger partial charge is 0.382 e. The lowest BCUT2D eigenvalue weighted by Gasteiger charge is -2.30. The Morgan fingerprint density at radius 1 is 1.24 bits per heavy atom. The number of carbonyl (C=O) groups is 1. The molecule has 1 aromatic carbocycles. The molecule has 1 saturated heterocycles. The van der Waals surface area contributed by atoms with Crippen LogP contribution in [0.15, 0.2) is 35.1 Å². The highest BCUT2D eigenvalue weighted by molar-refractivity contribution is 6.31. The summed E-state index contributed by atoms with van der Waals surface area (Å²) in [5, 5.41) is 17.3. The number of fused-ring (bicyclic) bond motifs is 1. The molecule has 5 rings (SSSR count). The van der Waals surface area contributed by atoms with Crippen molar-refractivity contribution in [1.82, 2.24) is 14.5 Å². The number of hydrogen-bond acceptors (Lipinski definition) is 6. The lowest BCUT2D eigenvalue weighted by atomic mass is 10.1. The Kier molecular flexibility index (Phi) is 5.66. The third-order valence-corrected chi connectivity index (χ3v) is 6.96. The van der Waals surface area contributed by atoms with Gasteiger partial charge < -0.3 is 20.1 Å². The molecular formula is C25H25ClN6O2. The molecule has 0 unspecified atom stereocenters. The van der Waals surface area contributed by atoms with Crippen LogP contribution in [0.3, 0.4) is 0 Å². The average Bonchev–Trinajstić information content (AvgIpc) is 3.61. The Morgan fingerprint density at radius 3 is 2.65 bits per heavy atom. The molecule has 1 atom stereocenters. The fraction of sp³-hybridized carbons (Fsp3) is 0.360. The second kappa shape index (κ2) is 8.65. The summed E-state index contributed by atoms with van der Waals surface area (Å²) >= 11 is 6.27. The van der Waals surface area contributed by atoms with Crippen molar-refractivity contribution in [2.45, 2.75) is 32.2 Å². The van der Waals surface area contributed by atoms with Gasteiger partial charge in [0.1, 0.15) is 22.5 Å². The lowest BCUT2D eigenvalue weighted by molar-refractivity contribution is 0.0645. The number of aromatic nitrogens is 2. The SMILES string of the molecule is C[C@@H](Nc1cc(=O)n(C)c2ccc(Nc3cc(C(=O)N4CCC4)nc(Cl)c3C#N)cc12)C1CC1. The van der Waals surface area contributed by atoms with Crippen molar-refractivity contribution >= 4 is 45.5 Å². The van der Waals surface area contributed by atoms with Crippen LogP contribution in [0.25, 0.3) is 10.9 Å². The molecule has 0 spiro atoms. The van der Waals surface area contributed by atoms with Gasteiger partial charge in [-0.15, -0.1) is 0 Å². The molecule has 1 aliphatic heterocycles. The summed E-state index contributed by atoms with van der Waals surface area (Å²) in [6, 6.07) is 11.2. The Morgan fingerprint density at radius 2 is 2.00 bits per heavy atom. The number of amides is 1. The molecule has 34 heavy (non-hydrogen) atoms. The van der Waals surface area contributed by atoms with Gasteiger partial charge in [-0.2, -0.15) is 5.26 Å². The Labute approximate surface area is 202 Å². The molecule has 3 aromatic rings. The monoisotopic (exact) mass is 476 g/mol. The summed E-state index contributed by atoms with van der Waals surface area (Å²) in [4.78, 5) is 31.1. The van der Waals surface area contributed by atoms with E-state index in [9.17, 15) is 14.9 Å². The van der Waals surface area contributed by atoms with Gasteiger partial charge in [0.15, 0.2) is 0 Å². The van der Waals surface area contributed by atoms with E-state index in [2.05, 4.69) is 28.6 Å². The van der Waals surface area contributed by atoms with E-state index in [1.165, 1.54) is 12.8 Å². The quantitative estimate of drug-likeness (QED) is 0.515. The molecule has 0 radical (unpaired) electrons. The van der Waals surface area contributed by atoms with Crippen LogP contribution < -0.4 is 16.2 Å². The van der Waals surface area contributed by atoms with Crippen molar-refractivity contribution in [2.75, 3.05) is 23.7 Å². The number of carbonyl (C=O) groups excluding carboxylic acids is 1. The maximum atomic E-state index is 12.7. The number of nitriles is 1. The normalized spacial score (nSPS) is 16.0. The molecule has 2 aliphatic rings. The highest BCUT2D eigenvalue weighted by Crippen LogP contribution is 2.36. The molecule has 0 bridgehead atoms. The molecule has 1 amide bonds. The number of likely N-dealkylation sites (tertiary alicyclic amines) is 1. The van der Waals surface area contributed by atoms with Crippen LogP contribution in [0.4, 0.5) is 17.1 Å². The van der Waals surface area contributed by atoms with Gasteiger partial charge in [0.25, 0.3) is 11.5 Å². The number of halogens is 1. The number of pyridine rings is 2. The van der Waals surface area contributed by atoms with Crippen LogP contribution in [0.5, 0.6) is 0 Å². The summed E-state index contributed by atoms with van der Waals surface area (Å²) in [5.41, 5.74) is 2.98. The minimum absolute atomic E-state index is 0.0137. The molecule has 1 saturated carbocycles. The van der Waals surface area contributed by atoms with E-state index in [1.807, 2.05) is 18.2 Å². The van der Waals surface area contributed by atoms with E-state index in [0.29, 0.717) is 30.4 Å². The van der Waals surface area contributed by atoms with E-state index in [0.717, 1.165) is 23.0 Å². The first-order chi connectivity index (χ1) is 16.4. The molecule has 8 nitrogen and oxygen atoms in total. The standard InChI is InChI=1S/C25H25ClN6O2/c1-14(15-4-5-15)28-20-12-23(33)31(2)22-7-6-16(10-17(20)22)29-19-11-21(25(34)32-8-3-9-32)30-24(26)18(19)13-27/h6-7,10-12,14-15,28H,3-5,8-9H2,1-2H3,(H,29,30)/t14-/m1/s1. The molecule has 2 fully saturated rings. The van der Waals surface area contributed by atoms with Gasteiger partial charge in [-0.25, -0.2) is 4.98 Å². The van der Waals surface area contributed by atoms with Crippen molar-refractivity contribution < 1.29 is 4.79 Å². The zero-order chi connectivity index (χ0) is 24.0. The molecule has 3 heterocycles. The van der Waals surface area contributed by atoms with E-state index in [4.69, 9.17) is 11.6 Å². The van der Waals surface area contributed by atoms with Gasteiger partial charge in [0, 0.05) is 49.0 Å². The first-order valence-corrected chi connectivity index (χ1v) is 11.8. The molecule has 2 aromatic heterocycles. The molecule has 9 heteroatoms. The van der Waals surface area contributed by atoms with E-state index in [1.54, 1.807) is 28.6 Å². The van der Waals surface area contributed by atoms with Crippen LogP contribution >= 0.6 is 11.6 Å². The molecule has 1 aliphatic carbocycles. The molecular weight excluding hydrogens is 452 g/mol. The van der Waals surface area contributed by atoms with Crippen LogP contribution in [0, 0.1) is 17.2 Å². The predicted molar refractivity (Wildman–Crippen MR) is 133 cm³/mol. The van der Waals surface area contributed by atoms with Crippen LogP contribution in [-0.4, -0.2) is 39.5 Å². The number of rotatable bonds is 6. The summed E-state index contributed by atoms with van der Waals surface area (Å²) in [7, 11) is 1.75. The van der Waals surface area contributed by atoms with Gasteiger partial charge >= 0.3 is 0 Å². The smallest absolute Gasteiger partial charge is 0.272 e. The Bertz CT molecular complexity index is 1400. The van der Waals surface area contributed by atoms with Crippen molar-refractivity contribution in [3.8, 4) is 6.07 Å². The van der Waals surface area contributed by atoms with Crippen molar-refractivity contribution in [3.05, 3.63) is 57.1 Å². The third kappa shape index (κ3) is 4.08. The summed E-state index contributed by atoms with van der Waals surface area (Å²) in [6.07, 6.45) is 3.36. The highest BCUT2D eigenvalue weighted by Gasteiger charge is 2.28. The maximum absolute atomic E-state index is 12.7. The number of aryl methyl sites for hydroxylation is 1. The second-order valence-corrected chi connectivity index (χ2v) is 9.42. The van der Waals surface area contributed by atoms with Crippen molar-refractivity contribution in [3.63, 3.8) is 0 Å². The average molecular weight is 477 g/mol. The molecule has 2 N–H and O–H groups in total. The number of anilines is 3. The fourth-order valence-corrected chi connectivity index (χ4v) is 4.52. The van der Waals surface area contributed by atoms with Gasteiger partial charge in [-0.3, -0.25) is 9.59 Å². The minimum Gasteiger partial charge on any atom is -0.382 e. The minimum atomic E-state index is -0.199. The number of nitrogens with one attached hydrogen (secondary N) is 2. The Balaban J connectivity index is 1.54. The predicted octanol–water partition coefficient (Wildman–Crippen LogP) is 4.26. The van der Waals surface area contributed by atoms with Crippen molar-refractivity contribution in [1.29, 1.82) is 5.26 Å². The van der Waals surface area contributed by atoms with E-state index < -0.39 is 0 Å². The maximum Gasteiger partial charge on any atom is 0.272 e. The summed E-state index contributed by atoms with van der Waals surface area (Å²) in [5.74, 6) is 0.426. The third-order valence-electron chi connectivity index (χ3n) is 6.69. The van der Waals surface area contributed by atoms with E-state index >= 15 is 0 Å². The van der Waals surface area contributed by atoms with Gasteiger partial charge in [0.2, 0.25) is 0 Å². The zero-order valence-electron chi connectivity index (χ0n) is 19.1. The number of hydrogen-bond donors (Lipinski definition) is 2. The zero-order valence-corrected chi connectivity index (χ0v) is 19.8. The van der Waals surface area contributed by atoms with Crippen LogP contribution in [0.2, 0.25) is 5.15 Å². The van der Waals surface area contributed by atoms with Gasteiger partial charge in [-0.1, -0.05) is 11.6 Å². The van der Waals surface area contributed by atoms with Gasteiger partial charge in [0.05, 0.1) is 11.2 Å². The van der Waals surface area contributed by atoms with Crippen LogP contribution in [-0.2, 0) is 7.05 Å². The fourth-order valence-electron chi connectivity index (χ4n) is 4.28. The summed E-state index contributed by atoms with van der Waals surface area (Å²) < 4.78 is 1.61. The lowest BCUT2D eigenvalue weighted by Crippen LogP contribution is -2.42. The van der Waals surface area contributed by atoms with E-state index in [-0.39, 0.29) is 33.9 Å². The van der Waals surface area contributed by atoms with Crippen LogP contribution in [0.1, 0.15) is 42.2 Å². The highest BCUT2D eigenvalue weighted by atomic mass is 35.5. The number of nitrogens with zero attached hydrogens (tertiary/aromatic N) is 4. The summed E-state index contributed by atoms with van der Waals surface area (Å²) in [6.45, 7) is 3.52. The Hall–Kier alpha value is -3.57. The van der Waals surface area contributed by atoms with Gasteiger partial charge in [-0.05, 0) is 56.4 Å². The topological polar surface area (TPSA) is 103 Å². The first kappa shape index (κ1) is 22.2. The first-order valence-electron chi connectivity index (χ1n) is 11.4. The van der Waals surface area contributed by atoms with Crippen molar-refractivity contribution in [2.24, 2.45) is 13.0 Å². The molecule has 174 valence electrons.